The molecule has 4 N–H and O–H groups in total. The Labute approximate surface area is 108 Å². The molecule has 1 rings (SSSR count). The molecule has 1 aliphatic rings. The monoisotopic (exact) mass is 256 g/mol. The molecular weight excluding hydrogens is 232 g/mol. The van der Waals surface area contributed by atoms with Crippen molar-refractivity contribution in [3.63, 3.8) is 0 Å². The van der Waals surface area contributed by atoms with E-state index in [0.717, 1.165) is 25.7 Å². The van der Waals surface area contributed by atoms with Crippen molar-refractivity contribution in [1.82, 2.24) is 15.5 Å². The summed E-state index contributed by atoms with van der Waals surface area (Å²) in [6.45, 7) is 2.56. The highest BCUT2D eigenvalue weighted by Gasteiger charge is 2.23. The maximum absolute atomic E-state index is 11.6. The second-order valence-electron chi connectivity index (χ2n) is 4.89. The van der Waals surface area contributed by atoms with Crippen molar-refractivity contribution < 1.29 is 9.59 Å². The van der Waals surface area contributed by atoms with Crippen LogP contribution in [0.5, 0.6) is 0 Å². The summed E-state index contributed by atoms with van der Waals surface area (Å²) in [6.07, 6.45) is 4.05. The molecule has 1 saturated carbocycles. The summed E-state index contributed by atoms with van der Waals surface area (Å²) < 4.78 is 0. The molecule has 3 amide bonds. The van der Waals surface area contributed by atoms with Crippen molar-refractivity contribution in [1.29, 1.82) is 0 Å². The lowest BCUT2D eigenvalue weighted by atomic mass is 9.91. The molecular formula is C12H24N4O2. The van der Waals surface area contributed by atoms with Gasteiger partial charge in [0.05, 0.1) is 6.54 Å². The van der Waals surface area contributed by atoms with Gasteiger partial charge < -0.3 is 11.1 Å². The van der Waals surface area contributed by atoms with E-state index in [2.05, 4.69) is 10.6 Å². The first-order chi connectivity index (χ1) is 8.52. The molecule has 0 aromatic heterocycles. The Morgan fingerprint density at radius 2 is 1.89 bits per heavy atom. The molecule has 18 heavy (non-hydrogen) atoms. The molecule has 0 atom stereocenters. The second kappa shape index (κ2) is 7.33. The van der Waals surface area contributed by atoms with Crippen molar-refractivity contribution in [3.05, 3.63) is 0 Å². The van der Waals surface area contributed by atoms with Gasteiger partial charge in [-0.05, 0) is 39.7 Å². The van der Waals surface area contributed by atoms with E-state index in [0.29, 0.717) is 18.6 Å². The number of carbonyl (C=O) groups excluding carboxylic acids is 2. The predicted molar refractivity (Wildman–Crippen MR) is 70.1 cm³/mol. The third-order valence-electron chi connectivity index (χ3n) is 3.35. The van der Waals surface area contributed by atoms with Crippen LogP contribution in [0.3, 0.4) is 0 Å². The van der Waals surface area contributed by atoms with Gasteiger partial charge in [0.2, 0.25) is 5.91 Å². The van der Waals surface area contributed by atoms with E-state index < -0.39 is 6.03 Å². The maximum Gasteiger partial charge on any atom is 0.321 e. The summed E-state index contributed by atoms with van der Waals surface area (Å²) in [5.74, 6) is -0.265. The standard InChI is InChI=1S/C12H24N4O2/c1-3-14-12(18)15-11(17)8-16(2)10-6-4-9(13)5-7-10/h9-10H,3-8,13H2,1-2H3,(H2,14,15,17,18). The zero-order valence-electron chi connectivity index (χ0n) is 11.2. The van der Waals surface area contributed by atoms with Crippen LogP contribution in [-0.2, 0) is 4.79 Å². The maximum atomic E-state index is 11.6. The summed E-state index contributed by atoms with van der Waals surface area (Å²) in [6, 6.07) is 0.269. The van der Waals surface area contributed by atoms with Gasteiger partial charge in [0, 0.05) is 18.6 Å². The average molecular weight is 256 g/mol. The van der Waals surface area contributed by atoms with Gasteiger partial charge in [0.25, 0.3) is 0 Å². The first-order valence-corrected chi connectivity index (χ1v) is 6.56. The van der Waals surface area contributed by atoms with Crippen LogP contribution in [-0.4, -0.2) is 49.1 Å². The normalized spacial score (nSPS) is 23.8. The number of nitrogens with one attached hydrogen (secondary N) is 2. The number of hydrogen-bond acceptors (Lipinski definition) is 4. The van der Waals surface area contributed by atoms with Crippen LogP contribution >= 0.6 is 0 Å². The van der Waals surface area contributed by atoms with Crippen LogP contribution in [0.1, 0.15) is 32.6 Å². The van der Waals surface area contributed by atoms with Crippen LogP contribution < -0.4 is 16.4 Å². The lowest BCUT2D eigenvalue weighted by Crippen LogP contribution is -2.47. The molecule has 104 valence electrons. The zero-order valence-corrected chi connectivity index (χ0v) is 11.2. The molecule has 6 nitrogen and oxygen atoms in total. The van der Waals surface area contributed by atoms with E-state index in [4.69, 9.17) is 5.73 Å². The molecule has 0 radical (unpaired) electrons. The lowest BCUT2D eigenvalue weighted by molar-refractivity contribution is -0.121. The third-order valence-corrected chi connectivity index (χ3v) is 3.35. The number of nitrogens with zero attached hydrogens (tertiary/aromatic N) is 1. The Morgan fingerprint density at radius 3 is 2.44 bits per heavy atom. The Morgan fingerprint density at radius 1 is 1.28 bits per heavy atom. The highest BCUT2D eigenvalue weighted by Crippen LogP contribution is 2.20. The van der Waals surface area contributed by atoms with Gasteiger partial charge in [-0.25, -0.2) is 4.79 Å². The number of likely N-dealkylation sites (N-methyl/N-ethyl adjacent to an activating group) is 1. The summed E-state index contributed by atoms with van der Waals surface area (Å²) >= 11 is 0. The fourth-order valence-electron chi connectivity index (χ4n) is 2.27. The SMILES string of the molecule is CCNC(=O)NC(=O)CN(C)C1CCC(N)CC1. The molecule has 1 aliphatic carbocycles. The van der Waals surface area contributed by atoms with Gasteiger partial charge in [-0.1, -0.05) is 0 Å². The number of hydrogen-bond donors (Lipinski definition) is 3. The summed E-state index contributed by atoms with van der Waals surface area (Å²) in [5.41, 5.74) is 5.85. The van der Waals surface area contributed by atoms with Gasteiger partial charge in [0.1, 0.15) is 0 Å². The number of carbonyl (C=O) groups is 2. The molecule has 0 bridgehead atoms. The average Bonchev–Trinajstić information content (AvgIpc) is 2.29. The van der Waals surface area contributed by atoms with E-state index in [1.54, 1.807) is 6.92 Å². The Bertz CT molecular complexity index is 288. The highest BCUT2D eigenvalue weighted by molar-refractivity contribution is 5.95. The van der Waals surface area contributed by atoms with E-state index in [1.807, 2.05) is 11.9 Å². The van der Waals surface area contributed by atoms with Crippen molar-refractivity contribution in [2.45, 2.75) is 44.7 Å². The van der Waals surface area contributed by atoms with Gasteiger partial charge in [-0.15, -0.1) is 0 Å². The quantitative estimate of drug-likeness (QED) is 0.662. The van der Waals surface area contributed by atoms with E-state index in [9.17, 15) is 9.59 Å². The first-order valence-electron chi connectivity index (χ1n) is 6.56. The number of nitrogens with two attached hydrogens (primary N) is 1. The fraction of sp³-hybridized carbons (Fsp3) is 0.833. The Kier molecular flexibility index (Phi) is 6.07. The zero-order chi connectivity index (χ0) is 13.5. The smallest absolute Gasteiger partial charge is 0.321 e. The molecule has 0 aliphatic heterocycles. The Balaban J connectivity index is 2.28. The molecule has 0 aromatic carbocycles. The molecule has 0 saturated heterocycles. The molecule has 0 aromatic rings. The Hall–Kier alpha value is -1.14. The summed E-state index contributed by atoms with van der Waals surface area (Å²) in [5, 5.41) is 4.83. The minimum atomic E-state index is -0.429. The largest absolute Gasteiger partial charge is 0.338 e. The fourth-order valence-corrected chi connectivity index (χ4v) is 2.27. The second-order valence-corrected chi connectivity index (χ2v) is 4.89. The van der Waals surface area contributed by atoms with Crippen LogP contribution in [0.4, 0.5) is 4.79 Å². The van der Waals surface area contributed by atoms with Crippen molar-refractivity contribution in [2.75, 3.05) is 20.1 Å². The van der Waals surface area contributed by atoms with Gasteiger partial charge in [-0.3, -0.25) is 15.0 Å². The minimum absolute atomic E-state index is 0.247. The van der Waals surface area contributed by atoms with E-state index in [1.165, 1.54) is 0 Å². The molecule has 1 fully saturated rings. The van der Waals surface area contributed by atoms with Gasteiger partial charge >= 0.3 is 6.03 Å². The number of amides is 3. The molecule has 0 heterocycles. The number of rotatable bonds is 4. The highest BCUT2D eigenvalue weighted by atomic mass is 16.2. The van der Waals surface area contributed by atoms with Crippen LogP contribution in [0.15, 0.2) is 0 Å². The van der Waals surface area contributed by atoms with Gasteiger partial charge in [0.15, 0.2) is 0 Å². The number of imide groups is 1. The van der Waals surface area contributed by atoms with Crippen molar-refractivity contribution >= 4 is 11.9 Å². The lowest BCUT2D eigenvalue weighted by Gasteiger charge is -2.32. The van der Waals surface area contributed by atoms with Gasteiger partial charge in [-0.2, -0.15) is 0 Å². The van der Waals surface area contributed by atoms with E-state index in [-0.39, 0.29) is 12.5 Å². The molecule has 6 heteroatoms. The third kappa shape index (κ3) is 5.01. The first kappa shape index (κ1) is 14.9. The van der Waals surface area contributed by atoms with Crippen LogP contribution in [0, 0.1) is 0 Å². The summed E-state index contributed by atoms with van der Waals surface area (Å²) in [7, 11) is 1.92. The van der Waals surface area contributed by atoms with Crippen LogP contribution in [0.25, 0.3) is 0 Å². The minimum Gasteiger partial charge on any atom is -0.338 e. The number of urea groups is 1. The predicted octanol–water partition coefficient (Wildman–Crippen LogP) is 0.0338. The van der Waals surface area contributed by atoms with E-state index >= 15 is 0 Å². The topological polar surface area (TPSA) is 87.5 Å². The summed E-state index contributed by atoms with van der Waals surface area (Å²) in [4.78, 5) is 24.8. The molecule has 0 spiro atoms. The van der Waals surface area contributed by atoms with Crippen molar-refractivity contribution in [2.24, 2.45) is 5.73 Å². The molecule has 0 unspecified atom stereocenters. The van der Waals surface area contributed by atoms with Crippen molar-refractivity contribution in [3.8, 4) is 0 Å². The van der Waals surface area contributed by atoms with Crippen LogP contribution in [0.2, 0.25) is 0 Å².